The Morgan fingerprint density at radius 2 is 1.94 bits per heavy atom. The number of phosphoric acid groups is 1. The third kappa shape index (κ3) is 6.59. The SMILES string of the molecule is CCCCCCCCOCCOP(=O)(O)OC[C@H]1O[C@@](C#N)(c2ccc3c(N)ncnn23)[C@H](O)[C@@H]1O. The van der Waals surface area contributed by atoms with Gasteiger partial charge in [0.15, 0.2) is 5.82 Å². The minimum absolute atomic E-state index is 0.106. The molecule has 36 heavy (non-hydrogen) atoms. The Kier molecular flexibility index (Phi) is 10.2. The lowest BCUT2D eigenvalue weighted by atomic mass is 9.92. The van der Waals surface area contributed by atoms with Crippen molar-refractivity contribution in [2.24, 2.45) is 0 Å². The van der Waals surface area contributed by atoms with Gasteiger partial charge in [-0.05, 0) is 18.6 Å². The quantitative estimate of drug-likeness (QED) is 0.193. The number of nitrogen functional groups attached to an aromatic ring is 1. The smallest absolute Gasteiger partial charge is 0.387 e. The molecule has 3 heterocycles. The molecular formula is C22H34N5O8P. The topological polar surface area (TPSA) is 195 Å². The maximum Gasteiger partial charge on any atom is 0.472 e. The van der Waals surface area contributed by atoms with E-state index >= 15 is 0 Å². The standard InChI is InChI=1S/C22H34N5O8P/c1-2-3-4-5-6-7-10-32-11-12-33-36(30,31)34-13-17-19(28)20(29)22(14-23,35-17)18-9-8-16-21(24)25-15-26-27(16)18/h8-9,15,17,19-20,28-29H,2-7,10-13H2,1H3,(H,30,31)(H2,24,25,26)/t17-,19-,20-,22+/m1/s1. The van der Waals surface area contributed by atoms with Crippen LogP contribution in [-0.4, -0.2) is 74.4 Å². The summed E-state index contributed by atoms with van der Waals surface area (Å²) in [5.74, 6) is 0.145. The lowest BCUT2D eigenvalue weighted by Gasteiger charge is -2.24. The van der Waals surface area contributed by atoms with E-state index in [-0.39, 0.29) is 24.7 Å². The molecule has 1 fully saturated rings. The maximum absolute atomic E-state index is 12.2. The second-order valence-electron chi connectivity index (χ2n) is 8.58. The molecule has 5 atom stereocenters. The predicted octanol–water partition coefficient (Wildman–Crippen LogP) is 1.66. The van der Waals surface area contributed by atoms with Crippen LogP contribution in [0.3, 0.4) is 0 Å². The van der Waals surface area contributed by atoms with E-state index in [4.69, 9.17) is 24.3 Å². The van der Waals surface area contributed by atoms with Gasteiger partial charge in [0.1, 0.15) is 36.2 Å². The summed E-state index contributed by atoms with van der Waals surface area (Å²) in [5.41, 5.74) is 4.27. The monoisotopic (exact) mass is 527 g/mol. The highest BCUT2D eigenvalue weighted by Crippen LogP contribution is 2.46. The van der Waals surface area contributed by atoms with Crippen molar-refractivity contribution in [1.82, 2.24) is 14.6 Å². The zero-order chi connectivity index (χ0) is 26.2. The number of aliphatic hydroxyl groups is 2. The second-order valence-corrected chi connectivity index (χ2v) is 10.0. The van der Waals surface area contributed by atoms with Crippen LogP contribution in [0, 0.1) is 11.3 Å². The van der Waals surface area contributed by atoms with Gasteiger partial charge in [-0.1, -0.05) is 39.0 Å². The van der Waals surface area contributed by atoms with Gasteiger partial charge in [0, 0.05) is 6.61 Å². The van der Waals surface area contributed by atoms with Crippen molar-refractivity contribution < 1.29 is 38.2 Å². The van der Waals surface area contributed by atoms with Gasteiger partial charge < -0.3 is 30.3 Å². The molecule has 0 radical (unpaired) electrons. The molecular weight excluding hydrogens is 493 g/mol. The molecule has 0 bridgehead atoms. The largest absolute Gasteiger partial charge is 0.472 e. The first-order valence-corrected chi connectivity index (χ1v) is 13.5. The van der Waals surface area contributed by atoms with Crippen molar-refractivity contribution in [2.75, 3.05) is 32.2 Å². The number of hydrogen-bond acceptors (Lipinski definition) is 11. The number of aliphatic hydroxyl groups excluding tert-OH is 2. The van der Waals surface area contributed by atoms with Gasteiger partial charge in [-0.2, -0.15) is 10.4 Å². The Bertz CT molecular complexity index is 1080. The minimum atomic E-state index is -4.50. The lowest BCUT2D eigenvalue weighted by Crippen LogP contribution is -2.41. The highest BCUT2D eigenvalue weighted by atomic mass is 31.2. The van der Waals surface area contributed by atoms with Gasteiger partial charge in [-0.15, -0.1) is 0 Å². The Hall–Kier alpha value is -2.14. The molecule has 1 unspecified atom stereocenters. The van der Waals surface area contributed by atoms with Crippen LogP contribution in [0.25, 0.3) is 5.52 Å². The highest BCUT2D eigenvalue weighted by Gasteiger charge is 2.57. The molecule has 3 rings (SSSR count). The highest BCUT2D eigenvalue weighted by molar-refractivity contribution is 7.47. The van der Waals surface area contributed by atoms with Gasteiger partial charge in [0.05, 0.1) is 25.5 Å². The molecule has 2 aromatic heterocycles. The molecule has 1 aliphatic rings. The van der Waals surface area contributed by atoms with E-state index in [9.17, 15) is 24.9 Å². The van der Waals surface area contributed by atoms with E-state index in [1.165, 1.54) is 36.2 Å². The third-order valence-corrected chi connectivity index (χ3v) is 7.00. The van der Waals surface area contributed by atoms with Crippen LogP contribution >= 0.6 is 7.82 Å². The van der Waals surface area contributed by atoms with E-state index in [0.29, 0.717) is 12.1 Å². The normalized spacial score (nSPS) is 25.7. The summed E-state index contributed by atoms with van der Waals surface area (Å²) in [6.45, 7) is 2.03. The number of fused-ring (bicyclic) bond motifs is 1. The average Bonchev–Trinajstić information content (AvgIpc) is 3.40. The molecule has 14 heteroatoms. The summed E-state index contributed by atoms with van der Waals surface area (Å²) in [7, 11) is -4.50. The van der Waals surface area contributed by atoms with Crippen molar-refractivity contribution in [3.63, 3.8) is 0 Å². The molecule has 13 nitrogen and oxygen atoms in total. The Morgan fingerprint density at radius 1 is 1.19 bits per heavy atom. The van der Waals surface area contributed by atoms with E-state index < -0.39 is 38.3 Å². The number of ether oxygens (including phenoxy) is 2. The summed E-state index contributed by atoms with van der Waals surface area (Å²) in [6, 6.07) is 4.89. The predicted molar refractivity (Wildman–Crippen MR) is 128 cm³/mol. The Morgan fingerprint density at radius 3 is 2.69 bits per heavy atom. The van der Waals surface area contributed by atoms with Crippen LogP contribution in [0.5, 0.6) is 0 Å². The van der Waals surface area contributed by atoms with Crippen molar-refractivity contribution in [1.29, 1.82) is 5.26 Å². The first kappa shape index (κ1) is 28.4. The number of hydrogen-bond donors (Lipinski definition) is 4. The van der Waals surface area contributed by atoms with E-state index in [1.54, 1.807) is 6.07 Å². The van der Waals surface area contributed by atoms with Crippen molar-refractivity contribution in [2.45, 2.75) is 69.4 Å². The molecule has 0 saturated carbocycles. The number of unbranched alkanes of at least 4 members (excludes halogenated alkanes) is 5. The number of phosphoric ester groups is 1. The number of nitrogens with two attached hydrogens (primary N) is 1. The number of aromatic nitrogens is 3. The number of anilines is 1. The molecule has 1 aliphatic heterocycles. The van der Waals surface area contributed by atoms with E-state index in [2.05, 4.69) is 17.0 Å². The van der Waals surface area contributed by atoms with Crippen LogP contribution in [0.1, 0.15) is 51.1 Å². The summed E-state index contributed by atoms with van der Waals surface area (Å²) >= 11 is 0. The van der Waals surface area contributed by atoms with Crippen LogP contribution in [-0.2, 0) is 28.7 Å². The third-order valence-electron chi connectivity index (χ3n) is 6.01. The van der Waals surface area contributed by atoms with Crippen LogP contribution in [0.2, 0.25) is 0 Å². The maximum atomic E-state index is 12.2. The van der Waals surface area contributed by atoms with Crippen LogP contribution in [0.15, 0.2) is 18.5 Å². The van der Waals surface area contributed by atoms with E-state index in [1.807, 2.05) is 6.07 Å². The molecule has 0 aliphatic carbocycles. The van der Waals surface area contributed by atoms with E-state index in [0.717, 1.165) is 19.3 Å². The van der Waals surface area contributed by atoms with Crippen LogP contribution in [0.4, 0.5) is 5.82 Å². The van der Waals surface area contributed by atoms with Gasteiger partial charge in [-0.3, -0.25) is 9.05 Å². The van der Waals surface area contributed by atoms with Gasteiger partial charge in [0.2, 0.25) is 5.60 Å². The molecule has 0 amide bonds. The average molecular weight is 528 g/mol. The van der Waals surface area contributed by atoms with Crippen LogP contribution < -0.4 is 5.73 Å². The van der Waals surface area contributed by atoms with Crippen molar-refractivity contribution in [3.8, 4) is 6.07 Å². The number of nitrogens with zero attached hydrogens (tertiary/aromatic N) is 4. The fourth-order valence-electron chi connectivity index (χ4n) is 4.05. The lowest BCUT2D eigenvalue weighted by molar-refractivity contribution is -0.0646. The zero-order valence-corrected chi connectivity index (χ0v) is 21.1. The van der Waals surface area contributed by atoms with Gasteiger partial charge in [-0.25, -0.2) is 14.1 Å². The Labute approximate surface area is 209 Å². The Balaban J connectivity index is 1.49. The molecule has 0 spiro atoms. The first-order valence-electron chi connectivity index (χ1n) is 12.0. The first-order chi connectivity index (χ1) is 17.3. The molecule has 0 aromatic carbocycles. The second kappa shape index (κ2) is 12.9. The molecule has 200 valence electrons. The summed E-state index contributed by atoms with van der Waals surface area (Å²) in [4.78, 5) is 13.8. The summed E-state index contributed by atoms with van der Waals surface area (Å²) in [5, 5.41) is 35.1. The minimum Gasteiger partial charge on any atom is -0.387 e. The fraction of sp³-hybridized carbons (Fsp3) is 0.682. The number of nitriles is 1. The van der Waals surface area contributed by atoms with Gasteiger partial charge >= 0.3 is 7.82 Å². The fourth-order valence-corrected chi connectivity index (χ4v) is 4.77. The molecule has 5 N–H and O–H groups in total. The van der Waals surface area contributed by atoms with Crippen molar-refractivity contribution >= 4 is 19.2 Å². The van der Waals surface area contributed by atoms with Crippen molar-refractivity contribution in [3.05, 3.63) is 24.2 Å². The van der Waals surface area contributed by atoms with Gasteiger partial charge in [0.25, 0.3) is 0 Å². The molecule has 2 aromatic rings. The summed E-state index contributed by atoms with van der Waals surface area (Å²) < 4.78 is 34.4. The molecule has 1 saturated heterocycles. The number of rotatable bonds is 15. The zero-order valence-electron chi connectivity index (χ0n) is 20.2. The summed E-state index contributed by atoms with van der Waals surface area (Å²) in [6.07, 6.45) is 3.33.